The molecule has 134 valence electrons. The van der Waals surface area contributed by atoms with E-state index in [0.717, 1.165) is 63.3 Å². The second-order valence-electron chi connectivity index (χ2n) is 6.53. The highest BCUT2D eigenvalue weighted by Gasteiger charge is 2.13. The van der Waals surface area contributed by atoms with Crippen LogP contribution in [0, 0.1) is 0 Å². The number of piperidine rings is 2. The smallest absolute Gasteiger partial charge is 0.240 e. The summed E-state index contributed by atoms with van der Waals surface area (Å²) in [6.45, 7) is 3.86. The fraction of sp³-hybridized carbons (Fsp3) is 0.750. The van der Waals surface area contributed by atoms with Gasteiger partial charge in [-0.3, -0.25) is 9.59 Å². The SMILES string of the molecule is CN1CCC(=NNC(=O)CCC(=O)NN=C2CCN(C)CC2)CC1. The van der Waals surface area contributed by atoms with Gasteiger partial charge in [-0.1, -0.05) is 0 Å². The van der Waals surface area contributed by atoms with Gasteiger partial charge < -0.3 is 9.80 Å². The number of likely N-dealkylation sites (tertiary alicyclic amines) is 2. The van der Waals surface area contributed by atoms with Gasteiger partial charge in [-0.2, -0.15) is 10.2 Å². The van der Waals surface area contributed by atoms with Gasteiger partial charge in [0.25, 0.3) is 0 Å². The van der Waals surface area contributed by atoms with Crippen molar-refractivity contribution in [3.8, 4) is 0 Å². The minimum atomic E-state index is -0.233. The van der Waals surface area contributed by atoms with E-state index in [1.54, 1.807) is 0 Å². The fourth-order valence-corrected chi connectivity index (χ4v) is 2.60. The molecule has 8 heteroatoms. The number of carbonyl (C=O) groups excluding carboxylic acids is 2. The monoisotopic (exact) mass is 336 g/mol. The van der Waals surface area contributed by atoms with E-state index in [1.165, 1.54) is 0 Å². The minimum absolute atomic E-state index is 0.121. The third-order valence-electron chi connectivity index (χ3n) is 4.38. The average molecular weight is 336 g/mol. The van der Waals surface area contributed by atoms with Crippen molar-refractivity contribution in [2.24, 2.45) is 10.2 Å². The Balaban J connectivity index is 1.61. The molecule has 2 amide bonds. The highest BCUT2D eigenvalue weighted by molar-refractivity contribution is 5.89. The summed E-state index contributed by atoms with van der Waals surface area (Å²) in [7, 11) is 4.14. The number of rotatable bonds is 5. The van der Waals surface area contributed by atoms with Gasteiger partial charge in [0.2, 0.25) is 11.8 Å². The average Bonchev–Trinajstić information content (AvgIpc) is 2.59. The molecule has 0 spiro atoms. The maximum absolute atomic E-state index is 11.7. The molecule has 2 aliphatic rings. The molecule has 0 radical (unpaired) electrons. The van der Waals surface area contributed by atoms with Crippen LogP contribution in [-0.4, -0.2) is 73.3 Å². The number of amides is 2. The molecule has 24 heavy (non-hydrogen) atoms. The number of carbonyl (C=O) groups is 2. The molecule has 8 nitrogen and oxygen atoms in total. The molecule has 2 saturated heterocycles. The zero-order valence-electron chi connectivity index (χ0n) is 14.7. The lowest BCUT2D eigenvalue weighted by Crippen LogP contribution is -2.32. The van der Waals surface area contributed by atoms with Gasteiger partial charge in [-0.25, -0.2) is 10.9 Å². The maximum Gasteiger partial charge on any atom is 0.240 e. The van der Waals surface area contributed by atoms with E-state index >= 15 is 0 Å². The molecule has 0 aliphatic carbocycles. The molecule has 2 rings (SSSR count). The predicted octanol–water partition coefficient (Wildman–Crippen LogP) is 0.162. The number of hydrogen-bond donors (Lipinski definition) is 2. The van der Waals surface area contributed by atoms with Gasteiger partial charge in [-0.05, 0) is 14.1 Å². The molecule has 0 bridgehead atoms. The summed E-state index contributed by atoms with van der Waals surface area (Å²) in [5.41, 5.74) is 7.11. The second kappa shape index (κ2) is 9.48. The summed E-state index contributed by atoms with van der Waals surface area (Å²) in [6.07, 6.45) is 3.76. The van der Waals surface area contributed by atoms with E-state index in [0.29, 0.717) is 0 Å². The Bertz CT molecular complexity index is 451. The Kier molecular flexibility index (Phi) is 7.33. The second-order valence-corrected chi connectivity index (χ2v) is 6.53. The first-order valence-electron chi connectivity index (χ1n) is 8.58. The molecule has 0 aromatic carbocycles. The van der Waals surface area contributed by atoms with E-state index in [-0.39, 0.29) is 24.7 Å². The first-order valence-corrected chi connectivity index (χ1v) is 8.58. The van der Waals surface area contributed by atoms with Gasteiger partial charge in [0.1, 0.15) is 0 Å². The van der Waals surface area contributed by atoms with Crippen LogP contribution in [0.5, 0.6) is 0 Å². The lowest BCUT2D eigenvalue weighted by atomic mass is 10.1. The van der Waals surface area contributed by atoms with Crippen molar-refractivity contribution in [2.75, 3.05) is 40.3 Å². The van der Waals surface area contributed by atoms with Crippen molar-refractivity contribution in [3.63, 3.8) is 0 Å². The van der Waals surface area contributed by atoms with Crippen LogP contribution in [0.3, 0.4) is 0 Å². The lowest BCUT2D eigenvalue weighted by Gasteiger charge is -2.22. The summed E-state index contributed by atoms with van der Waals surface area (Å²) in [6, 6.07) is 0. The zero-order chi connectivity index (χ0) is 17.4. The normalized spacial score (nSPS) is 19.8. The Morgan fingerprint density at radius 1 is 0.792 bits per heavy atom. The largest absolute Gasteiger partial charge is 0.306 e. The number of nitrogens with zero attached hydrogens (tertiary/aromatic N) is 4. The van der Waals surface area contributed by atoms with Gasteiger partial charge >= 0.3 is 0 Å². The van der Waals surface area contributed by atoms with Crippen molar-refractivity contribution >= 4 is 23.2 Å². The van der Waals surface area contributed by atoms with E-state index in [1.807, 2.05) is 0 Å². The van der Waals surface area contributed by atoms with Crippen LogP contribution < -0.4 is 10.9 Å². The highest BCUT2D eigenvalue weighted by atomic mass is 16.2. The summed E-state index contributed by atoms with van der Waals surface area (Å²) in [5, 5.41) is 8.30. The van der Waals surface area contributed by atoms with E-state index in [4.69, 9.17) is 0 Å². The molecule has 0 aromatic rings. The Hall–Kier alpha value is -1.80. The van der Waals surface area contributed by atoms with Crippen molar-refractivity contribution in [1.29, 1.82) is 0 Å². The molecule has 0 aromatic heterocycles. The number of hydrazone groups is 2. The lowest BCUT2D eigenvalue weighted by molar-refractivity contribution is -0.126. The van der Waals surface area contributed by atoms with Gasteiger partial charge in [0, 0.05) is 76.1 Å². The van der Waals surface area contributed by atoms with Gasteiger partial charge in [0.05, 0.1) is 0 Å². The van der Waals surface area contributed by atoms with E-state index < -0.39 is 0 Å². The van der Waals surface area contributed by atoms with Gasteiger partial charge in [0.15, 0.2) is 0 Å². The molecule has 2 heterocycles. The molecule has 0 atom stereocenters. The van der Waals surface area contributed by atoms with Crippen molar-refractivity contribution in [2.45, 2.75) is 38.5 Å². The summed E-state index contributed by atoms with van der Waals surface area (Å²) < 4.78 is 0. The molecule has 2 N–H and O–H groups in total. The number of nitrogens with one attached hydrogen (secondary N) is 2. The minimum Gasteiger partial charge on any atom is -0.306 e. The molecule has 0 unspecified atom stereocenters. The molecule has 0 saturated carbocycles. The maximum atomic E-state index is 11.7. The fourth-order valence-electron chi connectivity index (χ4n) is 2.60. The van der Waals surface area contributed by atoms with Crippen LogP contribution in [0.25, 0.3) is 0 Å². The van der Waals surface area contributed by atoms with Crippen LogP contribution in [0.1, 0.15) is 38.5 Å². The predicted molar refractivity (Wildman–Crippen MR) is 93.9 cm³/mol. The summed E-state index contributed by atoms with van der Waals surface area (Å²) >= 11 is 0. The Labute approximate surface area is 143 Å². The summed E-state index contributed by atoms with van der Waals surface area (Å²) in [4.78, 5) is 28.0. The first-order chi connectivity index (χ1) is 11.5. The summed E-state index contributed by atoms with van der Waals surface area (Å²) in [5.74, 6) is -0.466. The zero-order valence-corrected chi connectivity index (χ0v) is 14.7. The quantitative estimate of drug-likeness (QED) is 0.700. The molecular formula is C16H28N6O2. The van der Waals surface area contributed by atoms with E-state index in [2.05, 4.69) is 44.9 Å². The Morgan fingerprint density at radius 3 is 1.46 bits per heavy atom. The molecule has 2 aliphatic heterocycles. The number of hydrogen-bond acceptors (Lipinski definition) is 6. The van der Waals surface area contributed by atoms with Crippen LogP contribution >= 0.6 is 0 Å². The van der Waals surface area contributed by atoms with Crippen molar-refractivity contribution < 1.29 is 9.59 Å². The van der Waals surface area contributed by atoms with E-state index in [9.17, 15) is 9.59 Å². The molecule has 2 fully saturated rings. The molecular weight excluding hydrogens is 308 g/mol. The van der Waals surface area contributed by atoms with Crippen molar-refractivity contribution in [3.05, 3.63) is 0 Å². The highest BCUT2D eigenvalue weighted by Crippen LogP contribution is 2.05. The van der Waals surface area contributed by atoms with Crippen LogP contribution in [0.15, 0.2) is 10.2 Å². The topological polar surface area (TPSA) is 89.4 Å². The third kappa shape index (κ3) is 6.76. The van der Waals surface area contributed by atoms with Crippen LogP contribution in [0.2, 0.25) is 0 Å². The van der Waals surface area contributed by atoms with Crippen LogP contribution in [-0.2, 0) is 9.59 Å². The standard InChI is InChI=1S/C16H28N6O2/c1-21-9-5-13(6-10-21)17-19-15(23)3-4-16(24)20-18-14-7-11-22(2)12-8-14/h3-12H2,1-2H3,(H,19,23)(H,20,24). The third-order valence-corrected chi connectivity index (χ3v) is 4.38. The van der Waals surface area contributed by atoms with Crippen molar-refractivity contribution in [1.82, 2.24) is 20.7 Å². The van der Waals surface area contributed by atoms with Gasteiger partial charge in [-0.15, -0.1) is 0 Å². The first kappa shape index (κ1) is 18.5. The van der Waals surface area contributed by atoms with Crippen LogP contribution in [0.4, 0.5) is 0 Å². The Morgan fingerprint density at radius 2 is 1.12 bits per heavy atom.